The zero-order valence-corrected chi connectivity index (χ0v) is 9.92. The fourth-order valence-corrected chi connectivity index (χ4v) is 2.92. The van der Waals surface area contributed by atoms with Crippen LogP contribution >= 0.6 is 11.8 Å². The summed E-state index contributed by atoms with van der Waals surface area (Å²) < 4.78 is 0. The second-order valence-electron chi connectivity index (χ2n) is 3.86. The predicted octanol–water partition coefficient (Wildman–Crippen LogP) is 4.86. The Bertz CT molecular complexity index is 606. The second kappa shape index (κ2) is 3.84. The van der Waals surface area contributed by atoms with E-state index in [1.165, 1.54) is 26.8 Å². The monoisotopic (exact) mass is 224 g/mol. The Morgan fingerprint density at radius 3 is 2.56 bits per heavy atom. The quantitative estimate of drug-likeness (QED) is 0.615. The zero-order chi connectivity index (χ0) is 11.0. The maximum atomic E-state index is 2.29. The molecule has 3 rings (SSSR count). The van der Waals surface area contributed by atoms with Crippen LogP contribution in [0.3, 0.4) is 0 Å². The van der Waals surface area contributed by atoms with Gasteiger partial charge < -0.3 is 0 Å². The molecule has 0 saturated carbocycles. The Hall–Kier alpha value is -1.47. The highest BCUT2D eigenvalue weighted by atomic mass is 32.2. The molecule has 0 aromatic heterocycles. The Morgan fingerprint density at radius 1 is 1.06 bits per heavy atom. The Morgan fingerprint density at radius 2 is 1.81 bits per heavy atom. The van der Waals surface area contributed by atoms with Gasteiger partial charge in [0, 0.05) is 4.90 Å². The van der Waals surface area contributed by atoms with Crippen LogP contribution in [0.15, 0.2) is 58.9 Å². The third-order valence-electron chi connectivity index (χ3n) is 2.91. The first kappa shape index (κ1) is 9.73. The summed E-state index contributed by atoms with van der Waals surface area (Å²) in [6, 6.07) is 13.1. The van der Waals surface area contributed by atoms with Crippen LogP contribution in [-0.2, 0) is 0 Å². The van der Waals surface area contributed by atoms with Crippen molar-refractivity contribution in [3.63, 3.8) is 0 Å². The van der Waals surface area contributed by atoms with Crippen LogP contribution in [0.25, 0.3) is 16.3 Å². The van der Waals surface area contributed by atoms with Crippen molar-refractivity contribution in [1.82, 2.24) is 0 Å². The lowest BCUT2D eigenvalue weighted by atomic mass is 10.0. The summed E-state index contributed by atoms with van der Waals surface area (Å²) in [6.45, 7) is 2.09. The van der Waals surface area contributed by atoms with Crippen molar-refractivity contribution in [2.75, 3.05) is 0 Å². The average molecular weight is 224 g/mol. The number of benzene rings is 2. The minimum atomic E-state index is 1.32. The van der Waals surface area contributed by atoms with Gasteiger partial charge in [-0.25, -0.2) is 0 Å². The molecule has 1 aliphatic rings. The zero-order valence-electron chi connectivity index (χ0n) is 9.10. The van der Waals surface area contributed by atoms with Gasteiger partial charge in [-0.1, -0.05) is 42.1 Å². The molecule has 0 saturated heterocycles. The van der Waals surface area contributed by atoms with E-state index in [4.69, 9.17) is 0 Å². The summed E-state index contributed by atoms with van der Waals surface area (Å²) in [5.41, 5.74) is 2.67. The van der Waals surface area contributed by atoms with E-state index in [1.54, 1.807) is 11.8 Å². The average Bonchev–Trinajstić information content (AvgIpc) is 2.35. The second-order valence-corrected chi connectivity index (χ2v) is 4.81. The van der Waals surface area contributed by atoms with E-state index in [-0.39, 0.29) is 0 Å². The molecule has 1 heterocycles. The molecule has 0 spiro atoms. The molecule has 0 fully saturated rings. The largest absolute Gasteiger partial charge is 0.0974 e. The van der Waals surface area contributed by atoms with Gasteiger partial charge in [-0.05, 0) is 52.4 Å². The number of hydrogen-bond acceptors (Lipinski definition) is 1. The summed E-state index contributed by atoms with van der Waals surface area (Å²) in [7, 11) is 0. The van der Waals surface area contributed by atoms with Crippen molar-refractivity contribution in [1.29, 1.82) is 0 Å². The summed E-state index contributed by atoms with van der Waals surface area (Å²) in [6.07, 6.45) is 4.35. The van der Waals surface area contributed by atoms with E-state index in [2.05, 4.69) is 60.9 Å². The van der Waals surface area contributed by atoms with Gasteiger partial charge in [0.25, 0.3) is 0 Å². The highest BCUT2D eigenvalue weighted by Crippen LogP contribution is 2.37. The minimum absolute atomic E-state index is 1.32. The highest BCUT2D eigenvalue weighted by molar-refractivity contribution is 8.02. The fraction of sp³-hybridized carbons (Fsp3) is 0.0667. The van der Waals surface area contributed by atoms with Gasteiger partial charge in [0.1, 0.15) is 0 Å². The van der Waals surface area contributed by atoms with Crippen LogP contribution in [0.2, 0.25) is 0 Å². The van der Waals surface area contributed by atoms with E-state index < -0.39 is 0 Å². The molecular weight excluding hydrogens is 212 g/mol. The number of hydrogen-bond donors (Lipinski definition) is 0. The van der Waals surface area contributed by atoms with Crippen LogP contribution in [-0.4, -0.2) is 0 Å². The standard InChI is InChI=1S/C15H12S/c1-2-11-7-8-16-15-10-13-6-4-3-5-12(13)9-14(11)15/h2-10H,1H3/b11-2+. The van der Waals surface area contributed by atoms with Crippen LogP contribution in [0, 0.1) is 0 Å². The summed E-state index contributed by atoms with van der Waals surface area (Å²) in [5.74, 6) is 0. The van der Waals surface area contributed by atoms with E-state index in [0.717, 1.165) is 0 Å². The Kier molecular flexibility index (Phi) is 2.33. The summed E-state index contributed by atoms with van der Waals surface area (Å²) in [4.78, 5) is 1.36. The number of rotatable bonds is 0. The maximum absolute atomic E-state index is 2.29. The first-order valence-corrected chi connectivity index (χ1v) is 6.29. The van der Waals surface area contributed by atoms with E-state index in [1.807, 2.05) is 0 Å². The molecule has 16 heavy (non-hydrogen) atoms. The van der Waals surface area contributed by atoms with Crippen LogP contribution in [0.4, 0.5) is 0 Å². The molecule has 1 heteroatoms. The highest BCUT2D eigenvalue weighted by Gasteiger charge is 2.10. The summed E-state index contributed by atoms with van der Waals surface area (Å²) in [5, 5.41) is 4.79. The predicted molar refractivity (Wildman–Crippen MR) is 72.6 cm³/mol. The van der Waals surface area contributed by atoms with E-state index in [0.29, 0.717) is 0 Å². The van der Waals surface area contributed by atoms with Gasteiger partial charge in [-0.3, -0.25) is 0 Å². The van der Waals surface area contributed by atoms with Crippen molar-refractivity contribution in [2.45, 2.75) is 11.8 Å². The summed E-state index contributed by atoms with van der Waals surface area (Å²) >= 11 is 1.80. The Labute approximate surface area is 99.7 Å². The number of allylic oxidation sites excluding steroid dienone is 3. The van der Waals surface area contributed by atoms with Crippen molar-refractivity contribution in [2.24, 2.45) is 0 Å². The molecule has 2 aromatic carbocycles. The van der Waals surface area contributed by atoms with Gasteiger partial charge in [-0.15, -0.1) is 0 Å². The molecule has 0 bridgehead atoms. The van der Waals surface area contributed by atoms with Crippen LogP contribution in [0.5, 0.6) is 0 Å². The topological polar surface area (TPSA) is 0 Å². The van der Waals surface area contributed by atoms with Gasteiger partial charge in [-0.2, -0.15) is 0 Å². The van der Waals surface area contributed by atoms with Gasteiger partial charge in [0.15, 0.2) is 0 Å². The third kappa shape index (κ3) is 1.48. The molecule has 1 aliphatic heterocycles. The smallest absolute Gasteiger partial charge is 0.0201 e. The first-order chi connectivity index (χ1) is 7.88. The van der Waals surface area contributed by atoms with Crippen molar-refractivity contribution >= 4 is 28.1 Å². The van der Waals surface area contributed by atoms with E-state index in [9.17, 15) is 0 Å². The number of fused-ring (bicyclic) bond motifs is 2. The molecule has 0 radical (unpaired) electrons. The lowest BCUT2D eigenvalue weighted by Gasteiger charge is -2.14. The minimum Gasteiger partial charge on any atom is -0.0974 e. The van der Waals surface area contributed by atoms with E-state index >= 15 is 0 Å². The SMILES string of the molecule is C/C=C1\C=CSc2cc3ccccc3cc21. The maximum Gasteiger partial charge on any atom is 0.0201 e. The molecule has 0 aliphatic carbocycles. The normalized spacial score (nSPS) is 16.7. The first-order valence-electron chi connectivity index (χ1n) is 5.41. The Balaban J connectivity index is 2.32. The molecule has 0 atom stereocenters. The number of thioether (sulfide) groups is 1. The molecular formula is C15H12S. The molecule has 0 nitrogen and oxygen atoms in total. The molecule has 0 unspecified atom stereocenters. The molecule has 2 aromatic rings. The third-order valence-corrected chi connectivity index (χ3v) is 3.78. The lowest BCUT2D eigenvalue weighted by Crippen LogP contribution is -1.89. The van der Waals surface area contributed by atoms with Crippen LogP contribution in [0.1, 0.15) is 12.5 Å². The van der Waals surface area contributed by atoms with Crippen molar-refractivity contribution in [3.8, 4) is 0 Å². The lowest BCUT2D eigenvalue weighted by molar-refractivity contribution is 1.43. The molecule has 0 amide bonds. The van der Waals surface area contributed by atoms with Crippen molar-refractivity contribution < 1.29 is 0 Å². The van der Waals surface area contributed by atoms with Gasteiger partial charge in [0.05, 0.1) is 0 Å². The van der Waals surface area contributed by atoms with Gasteiger partial charge >= 0.3 is 0 Å². The van der Waals surface area contributed by atoms with Gasteiger partial charge in [0.2, 0.25) is 0 Å². The fourth-order valence-electron chi connectivity index (χ4n) is 2.06. The van der Waals surface area contributed by atoms with Crippen LogP contribution < -0.4 is 0 Å². The molecule has 0 N–H and O–H groups in total. The van der Waals surface area contributed by atoms with Crippen molar-refractivity contribution in [3.05, 3.63) is 59.5 Å². The molecule has 78 valence electrons.